The fourth-order valence-corrected chi connectivity index (χ4v) is 4.29. The molecule has 3 rings (SSSR count). The van der Waals surface area contributed by atoms with Crippen molar-refractivity contribution in [1.29, 1.82) is 0 Å². The SMILES string of the molecule is O=C(CNc1ccc(C(F)(F)F)cc1)Nc1cccc(S(=O)(=O)N2CCOCC2)c1. The predicted octanol–water partition coefficient (Wildman–Crippen LogP) is 2.78. The molecule has 0 aliphatic carbocycles. The van der Waals surface area contributed by atoms with Crippen LogP contribution in [0.15, 0.2) is 53.4 Å². The van der Waals surface area contributed by atoms with Crippen LogP contribution in [0.4, 0.5) is 24.5 Å². The van der Waals surface area contributed by atoms with Gasteiger partial charge in [0.15, 0.2) is 0 Å². The number of halogens is 3. The highest BCUT2D eigenvalue weighted by atomic mass is 32.2. The molecule has 11 heteroatoms. The lowest BCUT2D eigenvalue weighted by molar-refractivity contribution is -0.137. The van der Waals surface area contributed by atoms with Gasteiger partial charge >= 0.3 is 6.18 Å². The predicted molar refractivity (Wildman–Crippen MR) is 105 cm³/mol. The number of carbonyl (C=O) groups excluding carboxylic acids is 1. The maximum Gasteiger partial charge on any atom is 0.416 e. The van der Waals surface area contributed by atoms with E-state index in [1.165, 1.54) is 34.6 Å². The Hall–Kier alpha value is -2.63. The van der Waals surface area contributed by atoms with Gasteiger partial charge in [0, 0.05) is 24.5 Å². The molecule has 0 spiro atoms. The molecule has 162 valence electrons. The van der Waals surface area contributed by atoms with Crippen LogP contribution in [0.1, 0.15) is 5.56 Å². The second kappa shape index (κ2) is 9.02. The van der Waals surface area contributed by atoms with Crippen molar-refractivity contribution in [3.8, 4) is 0 Å². The minimum absolute atomic E-state index is 0.0536. The lowest BCUT2D eigenvalue weighted by Crippen LogP contribution is -2.40. The van der Waals surface area contributed by atoms with E-state index in [-0.39, 0.29) is 24.5 Å². The minimum atomic E-state index is -4.43. The molecular weight excluding hydrogens is 423 g/mol. The first-order chi connectivity index (χ1) is 14.2. The summed E-state index contributed by atoms with van der Waals surface area (Å²) in [6.45, 7) is 0.967. The zero-order chi connectivity index (χ0) is 21.8. The summed E-state index contributed by atoms with van der Waals surface area (Å²) in [5, 5.41) is 5.29. The number of ether oxygens (including phenoxy) is 1. The normalized spacial score (nSPS) is 15.6. The van der Waals surface area contributed by atoms with Crippen molar-refractivity contribution in [2.75, 3.05) is 43.5 Å². The highest BCUT2D eigenvalue weighted by Gasteiger charge is 2.30. The molecule has 0 atom stereocenters. The molecule has 2 aromatic rings. The molecule has 2 N–H and O–H groups in total. The van der Waals surface area contributed by atoms with Gasteiger partial charge in [0.1, 0.15) is 0 Å². The first kappa shape index (κ1) is 22.1. The van der Waals surface area contributed by atoms with Crippen molar-refractivity contribution in [2.24, 2.45) is 0 Å². The maximum absolute atomic E-state index is 12.7. The molecule has 0 bridgehead atoms. The second-order valence-electron chi connectivity index (χ2n) is 6.52. The number of amides is 1. The summed E-state index contributed by atoms with van der Waals surface area (Å²) in [5.74, 6) is -0.476. The van der Waals surface area contributed by atoms with Gasteiger partial charge in [0.25, 0.3) is 0 Å². The summed E-state index contributed by atoms with van der Waals surface area (Å²) in [5.41, 5.74) is -0.138. The van der Waals surface area contributed by atoms with Crippen LogP contribution in [0.2, 0.25) is 0 Å². The quantitative estimate of drug-likeness (QED) is 0.717. The van der Waals surface area contributed by atoms with Gasteiger partial charge in [-0.15, -0.1) is 0 Å². The third-order valence-electron chi connectivity index (χ3n) is 4.39. The fourth-order valence-electron chi connectivity index (χ4n) is 2.83. The Morgan fingerprint density at radius 3 is 2.33 bits per heavy atom. The van der Waals surface area contributed by atoms with Gasteiger partial charge < -0.3 is 15.4 Å². The Balaban J connectivity index is 1.60. The van der Waals surface area contributed by atoms with E-state index in [2.05, 4.69) is 10.6 Å². The molecule has 0 unspecified atom stereocenters. The molecule has 1 fully saturated rings. The van der Waals surface area contributed by atoms with Gasteiger partial charge in [0.05, 0.1) is 30.2 Å². The molecule has 1 heterocycles. The molecule has 1 aliphatic rings. The van der Waals surface area contributed by atoms with Crippen molar-refractivity contribution >= 4 is 27.3 Å². The summed E-state index contributed by atoms with van der Waals surface area (Å²) < 4.78 is 69.6. The number of hydrogen-bond acceptors (Lipinski definition) is 5. The molecule has 2 aromatic carbocycles. The standard InChI is InChI=1S/C19H20F3N3O4S/c20-19(21,22)14-4-6-15(7-5-14)23-13-18(26)24-16-2-1-3-17(12-16)30(27,28)25-8-10-29-11-9-25/h1-7,12,23H,8-11,13H2,(H,24,26). The number of rotatable bonds is 6. The van der Waals surface area contributed by atoms with Gasteiger partial charge in [0.2, 0.25) is 15.9 Å². The largest absolute Gasteiger partial charge is 0.416 e. The average Bonchev–Trinajstić information content (AvgIpc) is 2.73. The summed E-state index contributed by atoms with van der Waals surface area (Å²) in [4.78, 5) is 12.2. The number of nitrogens with one attached hydrogen (secondary N) is 2. The van der Waals surface area contributed by atoms with Crippen LogP contribution in [0.25, 0.3) is 0 Å². The number of hydrogen-bond donors (Lipinski definition) is 2. The van der Waals surface area contributed by atoms with E-state index in [9.17, 15) is 26.4 Å². The summed E-state index contributed by atoms with van der Waals surface area (Å²) in [6.07, 6.45) is -4.43. The van der Waals surface area contributed by atoms with Crippen LogP contribution in [0.5, 0.6) is 0 Å². The zero-order valence-electron chi connectivity index (χ0n) is 15.8. The lowest BCUT2D eigenvalue weighted by Gasteiger charge is -2.26. The van der Waals surface area contributed by atoms with Gasteiger partial charge in [-0.1, -0.05) is 6.07 Å². The van der Waals surface area contributed by atoms with Gasteiger partial charge in [-0.25, -0.2) is 8.42 Å². The Morgan fingerprint density at radius 1 is 1.03 bits per heavy atom. The van der Waals surface area contributed by atoms with Crippen LogP contribution in [0, 0.1) is 0 Å². The number of carbonyl (C=O) groups is 1. The smallest absolute Gasteiger partial charge is 0.379 e. The highest BCUT2D eigenvalue weighted by Crippen LogP contribution is 2.29. The van der Waals surface area contributed by atoms with Crippen molar-refractivity contribution in [3.63, 3.8) is 0 Å². The van der Waals surface area contributed by atoms with E-state index >= 15 is 0 Å². The molecule has 1 saturated heterocycles. The van der Waals surface area contributed by atoms with Crippen LogP contribution >= 0.6 is 0 Å². The number of sulfonamides is 1. The van der Waals surface area contributed by atoms with E-state index in [0.29, 0.717) is 24.6 Å². The number of morpholine rings is 1. The third kappa shape index (κ3) is 5.49. The first-order valence-corrected chi connectivity index (χ1v) is 10.5. The maximum atomic E-state index is 12.7. The Labute approximate surface area is 171 Å². The number of anilines is 2. The highest BCUT2D eigenvalue weighted by molar-refractivity contribution is 7.89. The van der Waals surface area contributed by atoms with Gasteiger partial charge in [-0.05, 0) is 42.5 Å². The fraction of sp³-hybridized carbons (Fsp3) is 0.316. The average molecular weight is 443 g/mol. The van der Waals surface area contributed by atoms with Crippen LogP contribution in [-0.4, -0.2) is 51.5 Å². The lowest BCUT2D eigenvalue weighted by atomic mass is 10.2. The summed E-state index contributed by atoms with van der Waals surface area (Å²) in [6, 6.07) is 10.2. The third-order valence-corrected chi connectivity index (χ3v) is 6.29. The molecular formula is C19H20F3N3O4S. The zero-order valence-corrected chi connectivity index (χ0v) is 16.6. The first-order valence-electron chi connectivity index (χ1n) is 9.05. The van der Waals surface area contributed by atoms with Crippen molar-refractivity contribution in [1.82, 2.24) is 4.31 Å². The minimum Gasteiger partial charge on any atom is -0.379 e. The van der Waals surface area contributed by atoms with Gasteiger partial charge in [-0.2, -0.15) is 17.5 Å². The molecule has 7 nitrogen and oxygen atoms in total. The number of benzene rings is 2. The van der Waals surface area contributed by atoms with Crippen LogP contribution in [0.3, 0.4) is 0 Å². The second-order valence-corrected chi connectivity index (χ2v) is 8.46. The van der Waals surface area contributed by atoms with E-state index in [1.807, 2.05) is 0 Å². The van der Waals surface area contributed by atoms with E-state index in [1.54, 1.807) is 6.07 Å². The van der Waals surface area contributed by atoms with Gasteiger partial charge in [-0.3, -0.25) is 4.79 Å². The Bertz CT molecular complexity index is 989. The van der Waals surface area contributed by atoms with E-state index in [0.717, 1.165) is 12.1 Å². The molecule has 1 amide bonds. The molecule has 1 aliphatic heterocycles. The molecule has 0 saturated carbocycles. The summed E-state index contributed by atoms with van der Waals surface area (Å²) in [7, 11) is -3.70. The molecule has 0 aromatic heterocycles. The molecule has 0 radical (unpaired) electrons. The van der Waals surface area contributed by atoms with E-state index in [4.69, 9.17) is 4.74 Å². The summed E-state index contributed by atoms with van der Waals surface area (Å²) >= 11 is 0. The monoisotopic (exact) mass is 443 g/mol. The number of alkyl halides is 3. The Morgan fingerprint density at radius 2 is 1.70 bits per heavy atom. The molecule has 30 heavy (non-hydrogen) atoms. The topological polar surface area (TPSA) is 87.7 Å². The number of nitrogens with zero attached hydrogens (tertiary/aromatic N) is 1. The van der Waals surface area contributed by atoms with Crippen molar-refractivity contribution in [2.45, 2.75) is 11.1 Å². The Kier molecular flexibility index (Phi) is 6.64. The van der Waals surface area contributed by atoms with Crippen LogP contribution in [-0.2, 0) is 25.7 Å². The van der Waals surface area contributed by atoms with Crippen molar-refractivity contribution in [3.05, 3.63) is 54.1 Å². The van der Waals surface area contributed by atoms with Crippen LogP contribution < -0.4 is 10.6 Å². The van der Waals surface area contributed by atoms with Crippen molar-refractivity contribution < 1.29 is 31.1 Å². The van der Waals surface area contributed by atoms with E-state index < -0.39 is 27.7 Å².